The number of urea groups is 1. The molecule has 1 atom stereocenters. The van der Waals surface area contributed by atoms with Crippen LogP contribution in [0.1, 0.15) is 23.7 Å². The van der Waals surface area contributed by atoms with Gasteiger partial charge >= 0.3 is 12.0 Å². The summed E-state index contributed by atoms with van der Waals surface area (Å²) >= 11 is 0. The Morgan fingerprint density at radius 1 is 1.10 bits per heavy atom. The summed E-state index contributed by atoms with van der Waals surface area (Å²) in [6.45, 7) is 2.39. The number of carboxylic acids is 1. The third-order valence-corrected chi connectivity index (χ3v) is 4.93. The molecule has 0 saturated carbocycles. The van der Waals surface area contributed by atoms with Crippen molar-refractivity contribution in [1.82, 2.24) is 4.98 Å². The van der Waals surface area contributed by atoms with Crippen molar-refractivity contribution in [2.45, 2.75) is 19.4 Å². The first kappa shape index (κ1) is 19.4. The van der Waals surface area contributed by atoms with Crippen molar-refractivity contribution in [2.24, 2.45) is 0 Å². The summed E-state index contributed by atoms with van der Waals surface area (Å²) in [5, 5.41) is 12.0. The lowest BCUT2D eigenvalue weighted by Crippen LogP contribution is -2.45. The third-order valence-electron chi connectivity index (χ3n) is 4.93. The van der Waals surface area contributed by atoms with Gasteiger partial charge in [-0.3, -0.25) is 4.90 Å². The molecule has 7 nitrogen and oxygen atoms in total. The van der Waals surface area contributed by atoms with Crippen LogP contribution in [0.4, 0.5) is 16.3 Å². The predicted molar refractivity (Wildman–Crippen MR) is 114 cm³/mol. The van der Waals surface area contributed by atoms with Crippen molar-refractivity contribution in [2.75, 3.05) is 16.8 Å². The zero-order valence-corrected chi connectivity index (χ0v) is 16.4. The fourth-order valence-corrected chi connectivity index (χ4v) is 3.28. The average Bonchev–Trinajstić information content (AvgIpc) is 2.78. The monoisotopic (exact) mass is 403 g/mol. The van der Waals surface area contributed by atoms with E-state index in [1.807, 2.05) is 37.3 Å². The molecule has 2 aromatic carbocycles. The maximum atomic E-state index is 13.0. The van der Waals surface area contributed by atoms with Gasteiger partial charge in [-0.15, -0.1) is 0 Å². The number of rotatable bonds is 4. The highest BCUT2D eigenvalue weighted by Crippen LogP contribution is 2.35. The number of pyridine rings is 1. The van der Waals surface area contributed by atoms with Gasteiger partial charge in [-0.2, -0.15) is 0 Å². The highest BCUT2D eigenvalue weighted by molar-refractivity contribution is 6.02. The van der Waals surface area contributed by atoms with Crippen molar-refractivity contribution in [1.29, 1.82) is 0 Å². The van der Waals surface area contributed by atoms with Gasteiger partial charge in [0.1, 0.15) is 6.10 Å². The van der Waals surface area contributed by atoms with E-state index in [-0.39, 0.29) is 17.7 Å². The number of aromatic nitrogens is 1. The van der Waals surface area contributed by atoms with Crippen LogP contribution in [0, 0.1) is 0 Å². The molecule has 0 aliphatic carbocycles. The smallest absolute Gasteiger partial charge is 0.335 e. The number of carbonyl (C=O) groups excluding carboxylic acids is 1. The second-order valence-corrected chi connectivity index (χ2v) is 6.96. The lowest BCUT2D eigenvalue weighted by atomic mass is 10.1. The van der Waals surface area contributed by atoms with Crippen molar-refractivity contribution >= 4 is 23.5 Å². The summed E-state index contributed by atoms with van der Waals surface area (Å²) in [5.41, 5.74) is 2.28. The van der Waals surface area contributed by atoms with E-state index in [0.717, 1.165) is 12.0 Å². The summed E-state index contributed by atoms with van der Waals surface area (Å²) in [4.78, 5) is 30.4. The molecule has 0 bridgehead atoms. The van der Waals surface area contributed by atoms with Gasteiger partial charge in [0, 0.05) is 11.3 Å². The highest BCUT2D eigenvalue weighted by atomic mass is 16.5. The van der Waals surface area contributed by atoms with E-state index in [1.54, 1.807) is 29.2 Å². The van der Waals surface area contributed by atoms with Gasteiger partial charge in [0.2, 0.25) is 0 Å². The molecule has 0 spiro atoms. The second kappa shape index (κ2) is 8.24. The maximum absolute atomic E-state index is 13.0. The molecule has 1 aromatic heterocycles. The highest BCUT2D eigenvalue weighted by Gasteiger charge is 2.31. The molecule has 30 heavy (non-hydrogen) atoms. The Morgan fingerprint density at radius 2 is 1.83 bits per heavy atom. The Balaban J connectivity index is 1.67. The van der Waals surface area contributed by atoms with E-state index in [0.29, 0.717) is 29.5 Å². The number of hydrogen-bond acceptors (Lipinski definition) is 4. The van der Waals surface area contributed by atoms with E-state index in [1.165, 1.54) is 12.1 Å². The number of ether oxygens (including phenoxy) is 1. The van der Waals surface area contributed by atoms with Crippen molar-refractivity contribution in [3.8, 4) is 17.0 Å². The first-order valence-corrected chi connectivity index (χ1v) is 9.70. The molecular weight excluding hydrogens is 382 g/mol. The molecule has 1 unspecified atom stereocenters. The number of para-hydroxylation sites is 1. The maximum Gasteiger partial charge on any atom is 0.335 e. The Bertz CT molecular complexity index is 1070. The molecule has 1 aliphatic rings. The van der Waals surface area contributed by atoms with Crippen molar-refractivity contribution < 1.29 is 19.4 Å². The van der Waals surface area contributed by atoms with Crippen LogP contribution in [0.3, 0.4) is 0 Å². The van der Waals surface area contributed by atoms with Gasteiger partial charge in [0.25, 0.3) is 0 Å². The van der Waals surface area contributed by atoms with E-state index in [2.05, 4.69) is 10.3 Å². The van der Waals surface area contributed by atoms with Crippen molar-refractivity contribution in [3.63, 3.8) is 0 Å². The SMILES string of the molecule is CCC1CN(C(=O)Nc2ccccc2)c2nc(-c3ccc(C(=O)O)cc3)ccc2O1. The van der Waals surface area contributed by atoms with Gasteiger partial charge in [-0.05, 0) is 42.8 Å². The number of aromatic carboxylic acids is 1. The number of nitrogens with zero attached hydrogens (tertiary/aromatic N) is 2. The summed E-state index contributed by atoms with van der Waals surface area (Å²) in [7, 11) is 0. The largest absolute Gasteiger partial charge is 0.485 e. The van der Waals surface area contributed by atoms with Gasteiger partial charge in [-0.25, -0.2) is 14.6 Å². The fraction of sp³-hybridized carbons (Fsp3) is 0.174. The van der Waals surface area contributed by atoms with Crippen LogP contribution in [0.25, 0.3) is 11.3 Å². The molecule has 2 N–H and O–H groups in total. The first-order chi connectivity index (χ1) is 14.5. The van der Waals surface area contributed by atoms with Gasteiger partial charge in [0.05, 0.1) is 17.8 Å². The minimum absolute atomic E-state index is 0.124. The number of amides is 2. The Hall–Kier alpha value is -3.87. The molecule has 0 fully saturated rings. The van der Waals surface area contributed by atoms with Crippen LogP contribution in [-0.4, -0.2) is 34.7 Å². The standard InChI is InChI=1S/C23H21N3O4/c1-2-18-14-26(23(29)24-17-6-4-3-5-7-17)21-20(30-18)13-12-19(25-21)15-8-10-16(11-9-15)22(27)28/h3-13,18H,2,14H2,1H3,(H,24,29)(H,27,28). The number of carboxylic acid groups (broad SMARTS) is 1. The summed E-state index contributed by atoms with van der Waals surface area (Å²) in [6, 6.07) is 19.0. The third kappa shape index (κ3) is 3.96. The van der Waals surface area contributed by atoms with Crippen LogP contribution in [0.15, 0.2) is 66.7 Å². The summed E-state index contributed by atoms with van der Waals surface area (Å²) in [6.07, 6.45) is 0.633. The van der Waals surface area contributed by atoms with Crippen LogP contribution in [0.5, 0.6) is 5.75 Å². The molecule has 2 amide bonds. The van der Waals surface area contributed by atoms with Crippen LogP contribution < -0.4 is 15.0 Å². The predicted octanol–water partition coefficient (Wildman–Crippen LogP) is 4.66. The Kier molecular flexibility index (Phi) is 5.34. The number of carbonyl (C=O) groups is 2. The minimum atomic E-state index is -0.984. The molecule has 2 heterocycles. The summed E-state index contributed by atoms with van der Waals surface area (Å²) in [5.74, 6) is -0.00197. The first-order valence-electron chi connectivity index (χ1n) is 9.70. The lowest BCUT2D eigenvalue weighted by Gasteiger charge is -2.33. The number of nitrogens with one attached hydrogen (secondary N) is 1. The summed E-state index contributed by atoms with van der Waals surface area (Å²) < 4.78 is 5.99. The van der Waals surface area contributed by atoms with Crippen molar-refractivity contribution in [3.05, 3.63) is 72.3 Å². The van der Waals surface area contributed by atoms with Gasteiger partial charge in [-0.1, -0.05) is 37.3 Å². The van der Waals surface area contributed by atoms with Crippen LogP contribution in [-0.2, 0) is 0 Å². The van der Waals surface area contributed by atoms with Crippen LogP contribution >= 0.6 is 0 Å². The Labute approximate surface area is 173 Å². The van der Waals surface area contributed by atoms with E-state index >= 15 is 0 Å². The Morgan fingerprint density at radius 3 is 2.50 bits per heavy atom. The topological polar surface area (TPSA) is 91.8 Å². The average molecular weight is 403 g/mol. The van der Waals surface area contributed by atoms with E-state index in [4.69, 9.17) is 9.84 Å². The molecule has 1 aliphatic heterocycles. The zero-order chi connectivity index (χ0) is 21.1. The molecular formula is C23H21N3O4. The molecule has 4 rings (SSSR count). The van der Waals surface area contributed by atoms with E-state index < -0.39 is 5.97 Å². The number of benzene rings is 2. The molecule has 0 saturated heterocycles. The van der Waals surface area contributed by atoms with E-state index in [9.17, 15) is 9.59 Å². The number of fused-ring (bicyclic) bond motifs is 1. The number of hydrogen-bond donors (Lipinski definition) is 2. The second-order valence-electron chi connectivity index (χ2n) is 6.96. The quantitative estimate of drug-likeness (QED) is 0.661. The molecule has 0 radical (unpaired) electrons. The van der Waals surface area contributed by atoms with Gasteiger partial charge < -0.3 is 15.2 Å². The lowest BCUT2D eigenvalue weighted by molar-refractivity contribution is 0.0697. The fourth-order valence-electron chi connectivity index (χ4n) is 3.28. The molecule has 152 valence electrons. The molecule has 7 heteroatoms. The normalized spacial score (nSPS) is 15.1. The van der Waals surface area contributed by atoms with Crippen LogP contribution in [0.2, 0.25) is 0 Å². The zero-order valence-electron chi connectivity index (χ0n) is 16.4. The minimum Gasteiger partial charge on any atom is -0.485 e. The van der Waals surface area contributed by atoms with Gasteiger partial charge in [0.15, 0.2) is 11.6 Å². The molecule has 3 aromatic rings. The number of anilines is 2.